The van der Waals surface area contributed by atoms with Crippen molar-refractivity contribution in [2.75, 3.05) is 6.61 Å². The Labute approximate surface area is 72.6 Å². The average molecular weight is 163 g/mol. The molecule has 1 aromatic rings. The predicted octanol–water partition coefficient (Wildman–Crippen LogP) is 2.18. The van der Waals surface area contributed by atoms with Gasteiger partial charge in [-0.05, 0) is 31.7 Å². The number of ether oxygens (including phenoxy) is 1. The average Bonchev–Trinajstić information content (AvgIpc) is 2.84. The van der Waals surface area contributed by atoms with Gasteiger partial charge in [-0.3, -0.25) is 0 Å². The summed E-state index contributed by atoms with van der Waals surface area (Å²) in [4.78, 5) is 4.25. The molecule has 0 aromatic carbocycles. The van der Waals surface area contributed by atoms with Crippen LogP contribution in [0.4, 0.5) is 0 Å². The Morgan fingerprint density at radius 2 is 2.33 bits per heavy atom. The van der Waals surface area contributed by atoms with E-state index in [-0.39, 0.29) is 0 Å². The van der Waals surface area contributed by atoms with E-state index in [0.29, 0.717) is 0 Å². The van der Waals surface area contributed by atoms with Gasteiger partial charge in [0, 0.05) is 11.8 Å². The fourth-order valence-corrected chi connectivity index (χ4v) is 1.09. The highest BCUT2D eigenvalue weighted by Gasteiger charge is 2.21. The second kappa shape index (κ2) is 3.13. The van der Waals surface area contributed by atoms with Gasteiger partial charge < -0.3 is 4.74 Å². The van der Waals surface area contributed by atoms with E-state index in [0.717, 1.165) is 24.1 Å². The van der Waals surface area contributed by atoms with Gasteiger partial charge in [0.05, 0.1) is 6.61 Å². The molecular formula is C10H13NO. The summed E-state index contributed by atoms with van der Waals surface area (Å²) < 4.78 is 5.50. The third-order valence-electron chi connectivity index (χ3n) is 2.03. The number of aromatic nitrogens is 1. The molecule has 1 aliphatic rings. The molecule has 64 valence electrons. The molecule has 0 bridgehead atoms. The van der Waals surface area contributed by atoms with Crippen molar-refractivity contribution in [3.8, 4) is 5.88 Å². The zero-order valence-electron chi connectivity index (χ0n) is 7.29. The van der Waals surface area contributed by atoms with E-state index in [9.17, 15) is 0 Å². The summed E-state index contributed by atoms with van der Waals surface area (Å²) in [6, 6.07) is 5.87. The van der Waals surface area contributed by atoms with Crippen molar-refractivity contribution >= 4 is 0 Å². The van der Waals surface area contributed by atoms with Gasteiger partial charge in [0.25, 0.3) is 0 Å². The fourth-order valence-electron chi connectivity index (χ4n) is 1.09. The van der Waals surface area contributed by atoms with E-state index in [4.69, 9.17) is 4.74 Å². The normalized spacial score (nSPS) is 16.1. The molecule has 0 radical (unpaired) electrons. The SMILES string of the molecule is Cc1cccc(OCC2CC2)n1. The highest BCUT2D eigenvalue weighted by Crippen LogP contribution is 2.29. The molecule has 1 saturated carbocycles. The van der Waals surface area contributed by atoms with Gasteiger partial charge in [-0.2, -0.15) is 0 Å². The smallest absolute Gasteiger partial charge is 0.213 e. The Kier molecular flexibility index (Phi) is 1.98. The van der Waals surface area contributed by atoms with Gasteiger partial charge in [0.1, 0.15) is 0 Å². The van der Waals surface area contributed by atoms with E-state index < -0.39 is 0 Å². The molecule has 2 rings (SSSR count). The second-order valence-electron chi connectivity index (χ2n) is 3.37. The zero-order chi connectivity index (χ0) is 8.39. The van der Waals surface area contributed by atoms with Crippen molar-refractivity contribution < 1.29 is 4.74 Å². The fraction of sp³-hybridized carbons (Fsp3) is 0.500. The Balaban J connectivity index is 1.92. The van der Waals surface area contributed by atoms with E-state index in [1.54, 1.807) is 0 Å². The predicted molar refractivity (Wildman–Crippen MR) is 47.2 cm³/mol. The van der Waals surface area contributed by atoms with Gasteiger partial charge in [0.15, 0.2) is 0 Å². The minimum absolute atomic E-state index is 0.766. The summed E-state index contributed by atoms with van der Waals surface area (Å²) >= 11 is 0. The van der Waals surface area contributed by atoms with Crippen molar-refractivity contribution in [2.24, 2.45) is 5.92 Å². The molecule has 0 aliphatic heterocycles. The molecule has 1 fully saturated rings. The minimum atomic E-state index is 0.766. The van der Waals surface area contributed by atoms with Crippen molar-refractivity contribution in [2.45, 2.75) is 19.8 Å². The van der Waals surface area contributed by atoms with Crippen molar-refractivity contribution in [1.29, 1.82) is 0 Å². The van der Waals surface area contributed by atoms with Crippen molar-refractivity contribution in [1.82, 2.24) is 4.98 Å². The van der Waals surface area contributed by atoms with Crippen LogP contribution in [-0.2, 0) is 0 Å². The number of aryl methyl sites for hydroxylation is 1. The molecule has 0 atom stereocenters. The molecule has 12 heavy (non-hydrogen) atoms. The number of hydrogen-bond donors (Lipinski definition) is 0. The van der Waals surface area contributed by atoms with Gasteiger partial charge in [-0.1, -0.05) is 6.07 Å². The van der Waals surface area contributed by atoms with Crippen LogP contribution in [0.15, 0.2) is 18.2 Å². The second-order valence-corrected chi connectivity index (χ2v) is 3.37. The molecule has 0 unspecified atom stereocenters. The maximum Gasteiger partial charge on any atom is 0.213 e. The van der Waals surface area contributed by atoms with Gasteiger partial charge in [-0.15, -0.1) is 0 Å². The molecule has 0 amide bonds. The highest BCUT2D eigenvalue weighted by atomic mass is 16.5. The van der Waals surface area contributed by atoms with Gasteiger partial charge in [-0.25, -0.2) is 4.98 Å². The quantitative estimate of drug-likeness (QED) is 0.681. The van der Waals surface area contributed by atoms with Crippen LogP contribution in [0.25, 0.3) is 0 Å². The molecule has 1 aliphatic carbocycles. The monoisotopic (exact) mass is 163 g/mol. The van der Waals surface area contributed by atoms with Gasteiger partial charge in [0.2, 0.25) is 5.88 Å². The van der Waals surface area contributed by atoms with Crippen LogP contribution in [0.3, 0.4) is 0 Å². The number of rotatable bonds is 3. The molecule has 0 N–H and O–H groups in total. The maximum absolute atomic E-state index is 5.50. The first kappa shape index (κ1) is 7.59. The first-order valence-electron chi connectivity index (χ1n) is 4.41. The van der Waals surface area contributed by atoms with E-state index in [1.807, 2.05) is 25.1 Å². The Morgan fingerprint density at radius 1 is 1.50 bits per heavy atom. The van der Waals surface area contributed by atoms with Crippen LogP contribution in [0, 0.1) is 12.8 Å². The largest absolute Gasteiger partial charge is 0.477 e. The lowest BCUT2D eigenvalue weighted by molar-refractivity contribution is 0.288. The van der Waals surface area contributed by atoms with Crippen molar-refractivity contribution in [3.63, 3.8) is 0 Å². The van der Waals surface area contributed by atoms with Crippen LogP contribution in [0.2, 0.25) is 0 Å². The van der Waals surface area contributed by atoms with Crippen LogP contribution >= 0.6 is 0 Å². The van der Waals surface area contributed by atoms with E-state index >= 15 is 0 Å². The minimum Gasteiger partial charge on any atom is -0.477 e. The van der Waals surface area contributed by atoms with Crippen LogP contribution in [0.1, 0.15) is 18.5 Å². The summed E-state index contributed by atoms with van der Waals surface area (Å²) in [5, 5.41) is 0. The van der Waals surface area contributed by atoms with E-state index in [2.05, 4.69) is 4.98 Å². The van der Waals surface area contributed by atoms with Crippen LogP contribution in [0.5, 0.6) is 5.88 Å². The molecule has 0 saturated heterocycles. The highest BCUT2D eigenvalue weighted by molar-refractivity contribution is 5.14. The molecule has 0 spiro atoms. The summed E-state index contributed by atoms with van der Waals surface area (Å²) in [7, 11) is 0. The molecule has 1 aromatic heterocycles. The lowest BCUT2D eigenvalue weighted by Crippen LogP contribution is -2.00. The molecule has 2 heteroatoms. The topological polar surface area (TPSA) is 22.1 Å². The Morgan fingerprint density at radius 3 is 3.00 bits per heavy atom. The first-order valence-corrected chi connectivity index (χ1v) is 4.41. The third kappa shape index (κ3) is 1.97. The van der Waals surface area contributed by atoms with Gasteiger partial charge >= 0.3 is 0 Å². The summed E-state index contributed by atoms with van der Waals surface area (Å²) in [6.07, 6.45) is 2.65. The van der Waals surface area contributed by atoms with Crippen LogP contribution in [-0.4, -0.2) is 11.6 Å². The van der Waals surface area contributed by atoms with Crippen molar-refractivity contribution in [3.05, 3.63) is 23.9 Å². The summed E-state index contributed by atoms with van der Waals surface area (Å²) in [6.45, 7) is 2.82. The zero-order valence-corrected chi connectivity index (χ0v) is 7.29. The summed E-state index contributed by atoms with van der Waals surface area (Å²) in [5.74, 6) is 1.56. The lowest BCUT2D eigenvalue weighted by Gasteiger charge is -2.03. The molecule has 2 nitrogen and oxygen atoms in total. The first-order chi connectivity index (χ1) is 5.84. The van der Waals surface area contributed by atoms with E-state index in [1.165, 1.54) is 12.8 Å². The lowest BCUT2D eigenvalue weighted by atomic mass is 10.4. The maximum atomic E-state index is 5.50. The standard InChI is InChI=1S/C10H13NO/c1-8-3-2-4-10(11-8)12-7-9-5-6-9/h2-4,9H,5-7H2,1H3. The Hall–Kier alpha value is -1.05. The summed E-state index contributed by atoms with van der Waals surface area (Å²) in [5.41, 5.74) is 1.02. The number of nitrogens with zero attached hydrogens (tertiary/aromatic N) is 1. The van der Waals surface area contributed by atoms with Crippen LogP contribution < -0.4 is 4.74 Å². The number of pyridine rings is 1. The number of hydrogen-bond acceptors (Lipinski definition) is 2. The third-order valence-corrected chi connectivity index (χ3v) is 2.03. The molecule has 1 heterocycles. The Bertz CT molecular complexity index is 268. The molecular weight excluding hydrogens is 150 g/mol.